The normalized spacial score (nSPS) is 23.0. The Morgan fingerprint density at radius 1 is 1.56 bits per heavy atom. The molecule has 1 fully saturated rings. The van der Waals surface area contributed by atoms with Gasteiger partial charge in [0.05, 0.1) is 12.7 Å². The van der Waals surface area contributed by atoms with Gasteiger partial charge in [-0.05, 0) is 31.1 Å². The number of rotatable bonds is 6. The van der Waals surface area contributed by atoms with Crippen molar-refractivity contribution in [1.82, 2.24) is 5.32 Å². The van der Waals surface area contributed by atoms with Crippen molar-refractivity contribution in [2.45, 2.75) is 46.1 Å². The minimum absolute atomic E-state index is 0.212. The van der Waals surface area contributed by atoms with E-state index in [0.717, 1.165) is 26.2 Å². The van der Waals surface area contributed by atoms with Gasteiger partial charge in [-0.25, -0.2) is 0 Å². The second-order valence-electron chi connectivity index (χ2n) is 5.62. The average Bonchev–Trinajstić information content (AvgIpc) is 2.77. The Kier molecular flexibility index (Phi) is 5.24. The monoisotopic (exact) mass is 224 g/mol. The quantitative estimate of drug-likeness (QED) is 0.753. The van der Waals surface area contributed by atoms with Crippen molar-refractivity contribution >= 4 is 0 Å². The molecule has 0 amide bonds. The van der Waals surface area contributed by atoms with Gasteiger partial charge < -0.3 is 10.1 Å². The molecule has 3 heteroatoms. The van der Waals surface area contributed by atoms with Gasteiger partial charge in [-0.15, -0.1) is 0 Å². The van der Waals surface area contributed by atoms with Crippen LogP contribution in [0.15, 0.2) is 0 Å². The van der Waals surface area contributed by atoms with Crippen molar-refractivity contribution in [3.63, 3.8) is 0 Å². The number of hydrogen-bond donors (Lipinski definition) is 1. The van der Waals surface area contributed by atoms with Gasteiger partial charge in [0.1, 0.15) is 0 Å². The highest BCUT2D eigenvalue weighted by Gasteiger charge is 2.24. The van der Waals surface area contributed by atoms with E-state index < -0.39 is 0 Å². The molecule has 1 aliphatic heterocycles. The fourth-order valence-corrected chi connectivity index (χ4v) is 2.03. The van der Waals surface area contributed by atoms with E-state index in [1.807, 2.05) is 0 Å². The highest BCUT2D eigenvalue weighted by Crippen LogP contribution is 2.22. The molecule has 0 saturated carbocycles. The van der Waals surface area contributed by atoms with Crippen molar-refractivity contribution < 1.29 is 4.74 Å². The molecule has 2 unspecified atom stereocenters. The molecule has 1 saturated heterocycles. The van der Waals surface area contributed by atoms with E-state index in [1.165, 1.54) is 6.42 Å². The zero-order chi connectivity index (χ0) is 12.0. The van der Waals surface area contributed by atoms with Gasteiger partial charge >= 0.3 is 0 Å². The average molecular weight is 224 g/mol. The minimum atomic E-state index is 0.212. The lowest BCUT2D eigenvalue weighted by atomic mass is 9.87. The van der Waals surface area contributed by atoms with Crippen LogP contribution < -0.4 is 5.32 Å². The second-order valence-corrected chi connectivity index (χ2v) is 5.62. The van der Waals surface area contributed by atoms with E-state index in [1.54, 1.807) is 0 Å². The van der Waals surface area contributed by atoms with Crippen molar-refractivity contribution in [3.8, 4) is 6.07 Å². The molecule has 0 spiro atoms. The Morgan fingerprint density at radius 2 is 2.31 bits per heavy atom. The summed E-state index contributed by atoms with van der Waals surface area (Å²) in [5.41, 5.74) is 0.212. The lowest BCUT2D eigenvalue weighted by Crippen LogP contribution is -2.39. The van der Waals surface area contributed by atoms with Gasteiger partial charge in [-0.1, -0.05) is 13.8 Å². The molecule has 1 aliphatic rings. The summed E-state index contributed by atoms with van der Waals surface area (Å²) in [5.74, 6) is 0.659. The first kappa shape index (κ1) is 13.5. The topological polar surface area (TPSA) is 45.0 Å². The van der Waals surface area contributed by atoms with Crippen LogP contribution in [0.3, 0.4) is 0 Å². The third kappa shape index (κ3) is 4.51. The molecule has 92 valence electrons. The molecule has 0 aliphatic carbocycles. The smallest absolute Gasteiger partial charge is 0.0621 e. The molecule has 0 aromatic carbocycles. The molecular formula is C13H24N2O. The molecule has 2 atom stereocenters. The summed E-state index contributed by atoms with van der Waals surface area (Å²) in [6.07, 6.45) is 2.78. The number of ether oxygens (including phenoxy) is 1. The maximum Gasteiger partial charge on any atom is 0.0621 e. The third-order valence-corrected chi connectivity index (χ3v) is 3.49. The maximum atomic E-state index is 8.59. The summed E-state index contributed by atoms with van der Waals surface area (Å²) < 4.78 is 5.39. The summed E-state index contributed by atoms with van der Waals surface area (Å²) in [6, 6.07) is 2.74. The lowest BCUT2D eigenvalue weighted by molar-refractivity contribution is 0.175. The van der Waals surface area contributed by atoms with E-state index in [0.29, 0.717) is 18.4 Å². The Bertz CT molecular complexity index is 239. The summed E-state index contributed by atoms with van der Waals surface area (Å²) in [6.45, 7) is 9.46. The molecule has 3 nitrogen and oxygen atoms in total. The predicted molar refractivity (Wildman–Crippen MR) is 65.0 cm³/mol. The highest BCUT2D eigenvalue weighted by molar-refractivity contribution is 4.82. The Labute approximate surface area is 99.2 Å². The lowest BCUT2D eigenvalue weighted by Gasteiger charge is -2.28. The Hall–Kier alpha value is -0.590. The minimum Gasteiger partial charge on any atom is -0.381 e. The molecule has 1 rings (SSSR count). The van der Waals surface area contributed by atoms with Crippen molar-refractivity contribution in [2.75, 3.05) is 19.8 Å². The predicted octanol–water partition coefficient (Wildman–Crippen LogP) is 2.33. The van der Waals surface area contributed by atoms with Crippen LogP contribution in [0.2, 0.25) is 0 Å². The van der Waals surface area contributed by atoms with Crippen LogP contribution in [-0.2, 0) is 4.74 Å². The first-order valence-electron chi connectivity index (χ1n) is 6.23. The van der Waals surface area contributed by atoms with Crippen LogP contribution in [0, 0.1) is 22.7 Å². The van der Waals surface area contributed by atoms with Crippen LogP contribution in [-0.4, -0.2) is 25.8 Å². The van der Waals surface area contributed by atoms with Gasteiger partial charge in [0.15, 0.2) is 0 Å². The SMILES string of the molecule is CC(NCC(C)(C)CCC#N)C1CCOC1. The summed E-state index contributed by atoms with van der Waals surface area (Å²) in [7, 11) is 0. The number of nitrogens with zero attached hydrogens (tertiary/aromatic N) is 1. The second kappa shape index (κ2) is 6.22. The molecular weight excluding hydrogens is 200 g/mol. The standard InChI is InChI=1S/C13H24N2O/c1-11(12-5-8-16-9-12)15-10-13(2,3)6-4-7-14/h11-12,15H,4-6,8-10H2,1-3H3. The van der Waals surface area contributed by atoms with Crippen molar-refractivity contribution in [3.05, 3.63) is 0 Å². The first-order valence-corrected chi connectivity index (χ1v) is 6.23. The summed E-state index contributed by atoms with van der Waals surface area (Å²) in [4.78, 5) is 0. The van der Waals surface area contributed by atoms with Crippen molar-refractivity contribution in [2.24, 2.45) is 11.3 Å². The maximum absolute atomic E-state index is 8.59. The first-order chi connectivity index (χ1) is 7.55. The molecule has 0 bridgehead atoms. The molecule has 16 heavy (non-hydrogen) atoms. The van der Waals surface area contributed by atoms with Crippen LogP contribution in [0.25, 0.3) is 0 Å². The molecule has 1 heterocycles. The van der Waals surface area contributed by atoms with Gasteiger partial charge in [-0.2, -0.15) is 5.26 Å². The fourth-order valence-electron chi connectivity index (χ4n) is 2.03. The molecule has 0 aromatic rings. The van der Waals surface area contributed by atoms with Gasteiger partial charge in [-0.3, -0.25) is 0 Å². The Morgan fingerprint density at radius 3 is 2.88 bits per heavy atom. The number of nitriles is 1. The summed E-state index contributed by atoms with van der Waals surface area (Å²) in [5, 5.41) is 12.2. The molecule has 1 N–H and O–H groups in total. The van der Waals surface area contributed by atoms with Gasteiger partial charge in [0.25, 0.3) is 0 Å². The number of nitrogens with one attached hydrogen (secondary N) is 1. The van der Waals surface area contributed by atoms with E-state index in [9.17, 15) is 0 Å². The molecule has 0 radical (unpaired) electrons. The van der Waals surface area contributed by atoms with Crippen LogP contribution in [0.4, 0.5) is 0 Å². The van der Waals surface area contributed by atoms with E-state index >= 15 is 0 Å². The zero-order valence-electron chi connectivity index (χ0n) is 10.8. The van der Waals surface area contributed by atoms with Gasteiger partial charge in [0.2, 0.25) is 0 Å². The van der Waals surface area contributed by atoms with Crippen LogP contribution in [0.1, 0.15) is 40.0 Å². The van der Waals surface area contributed by atoms with Crippen LogP contribution in [0.5, 0.6) is 0 Å². The third-order valence-electron chi connectivity index (χ3n) is 3.49. The van der Waals surface area contributed by atoms with Crippen LogP contribution >= 0.6 is 0 Å². The zero-order valence-corrected chi connectivity index (χ0v) is 10.8. The highest BCUT2D eigenvalue weighted by atomic mass is 16.5. The van der Waals surface area contributed by atoms with E-state index in [4.69, 9.17) is 10.00 Å². The van der Waals surface area contributed by atoms with Gasteiger partial charge in [0, 0.05) is 25.6 Å². The summed E-state index contributed by atoms with van der Waals surface area (Å²) >= 11 is 0. The van der Waals surface area contributed by atoms with Crippen molar-refractivity contribution in [1.29, 1.82) is 5.26 Å². The fraction of sp³-hybridized carbons (Fsp3) is 0.923. The van der Waals surface area contributed by atoms with E-state index in [-0.39, 0.29) is 5.41 Å². The number of hydrogen-bond acceptors (Lipinski definition) is 3. The van der Waals surface area contributed by atoms with E-state index in [2.05, 4.69) is 32.2 Å². The largest absolute Gasteiger partial charge is 0.381 e. The Balaban J connectivity index is 2.24. The molecule has 0 aromatic heterocycles.